The second-order valence-electron chi connectivity index (χ2n) is 5.97. The van der Waals surface area contributed by atoms with Crippen LogP contribution in [0.3, 0.4) is 0 Å². The lowest BCUT2D eigenvalue weighted by Crippen LogP contribution is -2.29. The highest BCUT2D eigenvalue weighted by Gasteiger charge is 2.13. The van der Waals surface area contributed by atoms with E-state index in [0.29, 0.717) is 0 Å². The van der Waals surface area contributed by atoms with Gasteiger partial charge in [-0.05, 0) is 50.7 Å². The first-order valence-electron chi connectivity index (χ1n) is 9.06. The average molecular weight is 358 g/mol. The summed E-state index contributed by atoms with van der Waals surface area (Å²) in [5, 5.41) is 15.1. The molecule has 0 saturated heterocycles. The molecule has 0 heterocycles. The number of ether oxygens (including phenoxy) is 1. The molecule has 2 N–H and O–H groups in total. The molecule has 0 saturated carbocycles. The Balaban J connectivity index is 2.50. The van der Waals surface area contributed by atoms with E-state index in [1.165, 1.54) is 6.20 Å². The van der Waals surface area contributed by atoms with Gasteiger partial charge < -0.3 is 20.3 Å². The fourth-order valence-corrected chi connectivity index (χ4v) is 2.52. The maximum Gasteiger partial charge on any atom is 0.263 e. The van der Waals surface area contributed by atoms with Crippen LogP contribution in [-0.2, 0) is 4.79 Å². The van der Waals surface area contributed by atoms with Crippen molar-refractivity contribution in [2.45, 2.75) is 33.2 Å². The van der Waals surface area contributed by atoms with E-state index in [0.717, 1.165) is 43.9 Å². The standard InChI is InChI=1S/C20H30N4O2/c1-5-24(6-2)13-7-12-22-15-18(14-21)20(25)23-16(3)17-8-10-19(26-4)11-9-17/h8-11,15-16,22H,5-7,12-13H2,1-4H3,(H,23,25)/b18-15-. The number of benzene rings is 1. The van der Waals surface area contributed by atoms with Crippen LogP contribution in [0, 0.1) is 11.3 Å². The second-order valence-corrected chi connectivity index (χ2v) is 5.97. The molecule has 1 rings (SSSR count). The summed E-state index contributed by atoms with van der Waals surface area (Å²) in [5.41, 5.74) is 1.02. The third-order valence-corrected chi connectivity index (χ3v) is 4.26. The molecule has 0 spiro atoms. The predicted molar refractivity (Wildman–Crippen MR) is 104 cm³/mol. The van der Waals surface area contributed by atoms with Gasteiger partial charge >= 0.3 is 0 Å². The first-order valence-corrected chi connectivity index (χ1v) is 9.06. The quantitative estimate of drug-likeness (QED) is 0.361. The fourth-order valence-electron chi connectivity index (χ4n) is 2.52. The number of carbonyl (C=O) groups excluding carboxylic acids is 1. The van der Waals surface area contributed by atoms with E-state index in [2.05, 4.69) is 29.4 Å². The minimum Gasteiger partial charge on any atom is -0.497 e. The Morgan fingerprint density at radius 3 is 2.50 bits per heavy atom. The molecule has 0 bridgehead atoms. The number of nitrogens with one attached hydrogen (secondary N) is 2. The summed E-state index contributed by atoms with van der Waals surface area (Å²) in [6, 6.07) is 9.23. The lowest BCUT2D eigenvalue weighted by molar-refractivity contribution is -0.117. The van der Waals surface area contributed by atoms with E-state index < -0.39 is 0 Å². The number of hydrogen-bond donors (Lipinski definition) is 2. The number of amides is 1. The Morgan fingerprint density at radius 2 is 1.96 bits per heavy atom. The normalized spacial score (nSPS) is 12.4. The summed E-state index contributed by atoms with van der Waals surface area (Å²) >= 11 is 0. The van der Waals surface area contributed by atoms with Gasteiger partial charge in [0.05, 0.1) is 13.2 Å². The summed E-state index contributed by atoms with van der Waals surface area (Å²) in [6.45, 7) is 9.94. The van der Waals surface area contributed by atoms with Crippen molar-refractivity contribution in [2.75, 3.05) is 33.3 Å². The molecule has 6 heteroatoms. The van der Waals surface area contributed by atoms with Crippen molar-refractivity contribution in [2.24, 2.45) is 0 Å². The number of hydrogen-bond acceptors (Lipinski definition) is 5. The van der Waals surface area contributed by atoms with Gasteiger partial charge in [-0.25, -0.2) is 0 Å². The zero-order valence-electron chi connectivity index (χ0n) is 16.2. The highest BCUT2D eigenvalue weighted by atomic mass is 16.5. The van der Waals surface area contributed by atoms with E-state index >= 15 is 0 Å². The number of methoxy groups -OCH3 is 1. The van der Waals surface area contributed by atoms with E-state index in [1.807, 2.05) is 37.3 Å². The van der Waals surface area contributed by atoms with Gasteiger partial charge in [0.1, 0.15) is 17.4 Å². The molecule has 0 fully saturated rings. The lowest BCUT2D eigenvalue weighted by Gasteiger charge is -2.17. The maximum absolute atomic E-state index is 12.3. The molecular formula is C20H30N4O2. The van der Waals surface area contributed by atoms with Crippen molar-refractivity contribution in [3.05, 3.63) is 41.6 Å². The van der Waals surface area contributed by atoms with Gasteiger partial charge in [0.25, 0.3) is 5.91 Å². The summed E-state index contributed by atoms with van der Waals surface area (Å²) < 4.78 is 5.13. The van der Waals surface area contributed by atoms with Gasteiger partial charge in [-0.1, -0.05) is 26.0 Å². The van der Waals surface area contributed by atoms with Gasteiger partial charge in [-0.15, -0.1) is 0 Å². The van der Waals surface area contributed by atoms with E-state index in [9.17, 15) is 10.1 Å². The monoisotopic (exact) mass is 358 g/mol. The number of nitrogens with zero attached hydrogens (tertiary/aromatic N) is 2. The molecule has 0 aromatic heterocycles. The van der Waals surface area contributed by atoms with Crippen molar-refractivity contribution < 1.29 is 9.53 Å². The van der Waals surface area contributed by atoms with E-state index in [-0.39, 0.29) is 17.5 Å². The Labute approximate surface area is 156 Å². The number of carbonyl (C=O) groups is 1. The minimum atomic E-state index is -0.382. The molecule has 1 amide bonds. The van der Waals surface area contributed by atoms with Gasteiger partial charge in [0.15, 0.2) is 0 Å². The molecule has 1 aromatic rings. The summed E-state index contributed by atoms with van der Waals surface area (Å²) in [6.07, 6.45) is 2.46. The van der Waals surface area contributed by atoms with Crippen molar-refractivity contribution in [3.63, 3.8) is 0 Å². The van der Waals surface area contributed by atoms with Gasteiger partial charge in [0.2, 0.25) is 0 Å². The molecule has 6 nitrogen and oxygen atoms in total. The Morgan fingerprint density at radius 1 is 1.31 bits per heavy atom. The smallest absolute Gasteiger partial charge is 0.263 e. The largest absolute Gasteiger partial charge is 0.497 e. The van der Waals surface area contributed by atoms with Crippen molar-refractivity contribution in [3.8, 4) is 11.8 Å². The second kappa shape index (κ2) is 11.9. The van der Waals surface area contributed by atoms with Crippen LogP contribution < -0.4 is 15.4 Å². The molecule has 142 valence electrons. The molecule has 0 aliphatic carbocycles. The van der Waals surface area contributed by atoms with E-state index in [1.54, 1.807) is 7.11 Å². The third-order valence-electron chi connectivity index (χ3n) is 4.26. The molecule has 26 heavy (non-hydrogen) atoms. The molecule has 1 aromatic carbocycles. The zero-order chi connectivity index (χ0) is 19.4. The molecule has 0 aliphatic rings. The number of nitriles is 1. The summed E-state index contributed by atoms with van der Waals surface area (Å²) in [5.74, 6) is 0.380. The zero-order valence-corrected chi connectivity index (χ0v) is 16.2. The van der Waals surface area contributed by atoms with Crippen LogP contribution in [0.4, 0.5) is 0 Å². The van der Waals surface area contributed by atoms with Gasteiger partial charge in [-0.2, -0.15) is 5.26 Å². The van der Waals surface area contributed by atoms with Crippen LogP contribution in [0.5, 0.6) is 5.75 Å². The average Bonchev–Trinajstić information content (AvgIpc) is 2.67. The topological polar surface area (TPSA) is 77.4 Å². The predicted octanol–water partition coefficient (Wildman–Crippen LogP) is 2.60. The summed E-state index contributed by atoms with van der Waals surface area (Å²) in [4.78, 5) is 14.6. The molecular weight excluding hydrogens is 328 g/mol. The Bertz CT molecular complexity index is 616. The van der Waals surface area contributed by atoms with Crippen LogP contribution in [0.25, 0.3) is 0 Å². The summed E-state index contributed by atoms with van der Waals surface area (Å²) in [7, 11) is 1.61. The van der Waals surface area contributed by atoms with Crippen LogP contribution >= 0.6 is 0 Å². The highest BCUT2D eigenvalue weighted by Crippen LogP contribution is 2.17. The van der Waals surface area contributed by atoms with Crippen LogP contribution in [-0.4, -0.2) is 44.1 Å². The van der Waals surface area contributed by atoms with E-state index in [4.69, 9.17) is 4.74 Å². The van der Waals surface area contributed by atoms with Gasteiger partial charge in [0, 0.05) is 12.7 Å². The SMILES string of the molecule is CCN(CC)CCCN/C=C(/C#N)C(=O)NC(C)c1ccc(OC)cc1. The molecule has 1 atom stereocenters. The molecule has 1 unspecified atom stereocenters. The first kappa shape index (κ1) is 21.5. The highest BCUT2D eigenvalue weighted by molar-refractivity contribution is 5.97. The Hall–Kier alpha value is -2.52. The fraction of sp³-hybridized carbons (Fsp3) is 0.500. The third kappa shape index (κ3) is 7.16. The van der Waals surface area contributed by atoms with Crippen LogP contribution in [0.2, 0.25) is 0 Å². The lowest BCUT2D eigenvalue weighted by atomic mass is 10.1. The van der Waals surface area contributed by atoms with Crippen molar-refractivity contribution >= 4 is 5.91 Å². The molecule has 0 aliphatic heterocycles. The number of rotatable bonds is 11. The van der Waals surface area contributed by atoms with Gasteiger partial charge in [-0.3, -0.25) is 4.79 Å². The Kier molecular flexibility index (Phi) is 9.88. The van der Waals surface area contributed by atoms with Crippen molar-refractivity contribution in [1.29, 1.82) is 5.26 Å². The van der Waals surface area contributed by atoms with Crippen LogP contribution in [0.15, 0.2) is 36.0 Å². The van der Waals surface area contributed by atoms with Crippen molar-refractivity contribution in [1.82, 2.24) is 15.5 Å². The first-order chi connectivity index (χ1) is 12.5. The van der Waals surface area contributed by atoms with Crippen LogP contribution in [0.1, 0.15) is 38.8 Å². The minimum absolute atomic E-state index is 0.0770. The maximum atomic E-state index is 12.3. The molecule has 0 radical (unpaired) electrons.